The second-order valence-corrected chi connectivity index (χ2v) is 9.23. The molecule has 0 spiro atoms. The Morgan fingerprint density at radius 1 is 1.23 bits per heavy atom. The van der Waals surface area contributed by atoms with E-state index < -0.39 is 0 Å². The molecule has 2 N–H and O–H groups in total. The lowest BCUT2D eigenvalue weighted by atomic mass is 10.0. The number of benzene rings is 1. The zero-order valence-electron chi connectivity index (χ0n) is 17.2. The van der Waals surface area contributed by atoms with Crippen molar-refractivity contribution in [3.63, 3.8) is 0 Å². The maximum Gasteiger partial charge on any atom is 0.271 e. The van der Waals surface area contributed by atoms with Crippen LogP contribution in [0.15, 0.2) is 42.0 Å². The number of pyridine rings is 1. The number of rotatable bonds is 4. The third-order valence-electron chi connectivity index (χ3n) is 5.44. The van der Waals surface area contributed by atoms with Gasteiger partial charge < -0.3 is 15.4 Å². The summed E-state index contributed by atoms with van der Waals surface area (Å²) in [4.78, 5) is 16.9. The van der Waals surface area contributed by atoms with Crippen LogP contribution in [0, 0.1) is 0 Å². The molecule has 0 unspecified atom stereocenters. The van der Waals surface area contributed by atoms with Crippen LogP contribution in [0.25, 0.3) is 21.3 Å². The van der Waals surface area contributed by atoms with Gasteiger partial charge in [0.1, 0.15) is 5.69 Å². The molecule has 0 fully saturated rings. The lowest BCUT2D eigenvalue weighted by molar-refractivity contribution is 0.0878. The lowest BCUT2D eigenvalue weighted by Gasteiger charge is -2.32. The number of aromatic nitrogens is 3. The highest BCUT2D eigenvalue weighted by Gasteiger charge is 2.34. The Balaban J connectivity index is 1.58. The fraction of sp³-hybridized carbons (Fsp3) is 0.227. The van der Waals surface area contributed by atoms with E-state index in [1.165, 1.54) is 0 Å². The minimum absolute atomic E-state index is 0.169. The van der Waals surface area contributed by atoms with Gasteiger partial charge in [-0.25, -0.2) is 0 Å². The summed E-state index contributed by atoms with van der Waals surface area (Å²) >= 11 is 8.41. The number of thiophene rings is 1. The van der Waals surface area contributed by atoms with Gasteiger partial charge in [-0.1, -0.05) is 17.7 Å². The predicted molar refractivity (Wildman–Crippen MR) is 124 cm³/mol. The van der Waals surface area contributed by atoms with Crippen molar-refractivity contribution < 1.29 is 9.53 Å². The number of hydrogen-bond acceptors (Lipinski definition) is 6. The minimum atomic E-state index is -0.317. The number of carbonyl (C=O) groups is 1. The minimum Gasteiger partial charge on any atom is -0.493 e. The second-order valence-electron chi connectivity index (χ2n) is 7.94. The van der Waals surface area contributed by atoms with Gasteiger partial charge in [-0.05, 0) is 37.4 Å². The number of carbonyl (C=O) groups excluding carboxylic acids is 1. The van der Waals surface area contributed by atoms with Crippen LogP contribution >= 0.6 is 22.9 Å². The summed E-state index contributed by atoms with van der Waals surface area (Å²) in [5.41, 5.74) is 4.19. The Labute approximate surface area is 188 Å². The first-order valence-corrected chi connectivity index (χ1v) is 11.0. The fourth-order valence-corrected chi connectivity index (χ4v) is 5.09. The molecule has 5 rings (SSSR count). The van der Waals surface area contributed by atoms with E-state index in [9.17, 15) is 4.79 Å². The molecule has 0 radical (unpaired) electrons. The number of amides is 1. The molecule has 31 heavy (non-hydrogen) atoms. The average molecular weight is 454 g/mol. The van der Waals surface area contributed by atoms with Crippen molar-refractivity contribution in [3.8, 4) is 16.9 Å². The smallest absolute Gasteiger partial charge is 0.271 e. The summed E-state index contributed by atoms with van der Waals surface area (Å²) in [6.45, 7) is 4.57. The number of nitrogens with one attached hydrogen (secondary N) is 2. The Hall–Kier alpha value is -3.10. The Morgan fingerprint density at radius 2 is 2.06 bits per heavy atom. The molecule has 9 heteroatoms. The molecule has 4 heterocycles. The van der Waals surface area contributed by atoms with Crippen molar-refractivity contribution in [3.05, 3.63) is 52.8 Å². The molecule has 4 aromatic rings. The molecule has 0 aliphatic carbocycles. The summed E-state index contributed by atoms with van der Waals surface area (Å²) in [5, 5.41) is 13.2. The maximum absolute atomic E-state index is 12.5. The second kappa shape index (κ2) is 7.25. The third kappa shape index (κ3) is 3.14. The molecule has 1 aromatic carbocycles. The number of methoxy groups -OCH3 is 1. The van der Waals surface area contributed by atoms with E-state index in [-0.39, 0.29) is 11.4 Å². The van der Waals surface area contributed by atoms with Gasteiger partial charge in [0, 0.05) is 23.9 Å². The van der Waals surface area contributed by atoms with Gasteiger partial charge in [0.2, 0.25) is 0 Å². The van der Waals surface area contributed by atoms with Crippen molar-refractivity contribution in [1.29, 1.82) is 0 Å². The zero-order valence-corrected chi connectivity index (χ0v) is 18.8. The predicted octanol–water partition coefficient (Wildman–Crippen LogP) is 5.04. The highest BCUT2D eigenvalue weighted by molar-refractivity contribution is 7.17. The molecule has 7 nitrogen and oxygen atoms in total. The van der Waals surface area contributed by atoms with Gasteiger partial charge in [0.05, 0.1) is 45.5 Å². The topological polar surface area (TPSA) is 81.1 Å². The van der Waals surface area contributed by atoms with Crippen LogP contribution in [-0.4, -0.2) is 34.3 Å². The molecule has 0 atom stereocenters. The molecular weight excluding hydrogens is 434 g/mol. The van der Waals surface area contributed by atoms with Crippen LogP contribution in [0.1, 0.15) is 24.3 Å². The van der Waals surface area contributed by atoms with Crippen molar-refractivity contribution >= 4 is 50.4 Å². The number of ether oxygens (including phenoxy) is 1. The van der Waals surface area contributed by atoms with E-state index in [0.717, 1.165) is 21.3 Å². The van der Waals surface area contributed by atoms with Crippen LogP contribution in [0.2, 0.25) is 5.02 Å². The van der Waals surface area contributed by atoms with E-state index in [4.69, 9.17) is 16.3 Å². The Bertz CT molecular complexity index is 1330. The van der Waals surface area contributed by atoms with Gasteiger partial charge in [0.15, 0.2) is 5.75 Å². The number of anilines is 2. The molecule has 1 aliphatic rings. The van der Waals surface area contributed by atoms with Gasteiger partial charge in [0.25, 0.3) is 5.91 Å². The van der Waals surface area contributed by atoms with Crippen molar-refractivity contribution in [2.75, 3.05) is 19.0 Å². The van der Waals surface area contributed by atoms with Crippen molar-refractivity contribution in [2.24, 2.45) is 0 Å². The Kier molecular flexibility index (Phi) is 4.64. The molecular formula is C22H20ClN5O2S. The zero-order chi connectivity index (χ0) is 21.8. The molecule has 1 amide bonds. The molecule has 0 bridgehead atoms. The van der Waals surface area contributed by atoms with E-state index >= 15 is 0 Å². The third-order valence-corrected chi connectivity index (χ3v) is 6.76. The summed E-state index contributed by atoms with van der Waals surface area (Å²) in [5.74, 6) is 0.328. The van der Waals surface area contributed by atoms with Crippen LogP contribution < -0.4 is 15.4 Å². The van der Waals surface area contributed by atoms with E-state index in [1.807, 2.05) is 43.5 Å². The molecule has 1 aliphatic heterocycles. The highest BCUT2D eigenvalue weighted by Crippen LogP contribution is 2.44. The SMILES string of the molecule is COc1c(Nc2cnn3c2C(=O)NCC3(C)C)ccc(-c2ccnc3ccsc23)c1Cl. The summed E-state index contributed by atoms with van der Waals surface area (Å²) in [6, 6.07) is 7.78. The van der Waals surface area contributed by atoms with Gasteiger partial charge in [-0.15, -0.1) is 11.3 Å². The van der Waals surface area contributed by atoms with Crippen LogP contribution in [-0.2, 0) is 5.54 Å². The van der Waals surface area contributed by atoms with Gasteiger partial charge in [-0.3, -0.25) is 14.5 Å². The standard InChI is InChI=1S/C22H20ClN5O2S/c1-22(2)11-25-21(29)18-16(10-26-28(18)22)27-14-5-4-12(17(23)19(14)30-3)13-6-8-24-15-7-9-31-20(13)15/h4-10,27H,11H2,1-3H3,(H,25,29). The van der Waals surface area contributed by atoms with Gasteiger partial charge in [-0.2, -0.15) is 5.10 Å². The number of hydrogen-bond donors (Lipinski definition) is 2. The highest BCUT2D eigenvalue weighted by atomic mass is 35.5. The summed E-state index contributed by atoms with van der Waals surface area (Å²) in [6.07, 6.45) is 3.43. The Morgan fingerprint density at radius 3 is 2.87 bits per heavy atom. The first kappa shape index (κ1) is 19.8. The molecule has 158 valence electrons. The average Bonchev–Trinajstić information content (AvgIpc) is 3.39. The van der Waals surface area contributed by atoms with Crippen LogP contribution in [0.4, 0.5) is 11.4 Å². The van der Waals surface area contributed by atoms with E-state index in [0.29, 0.717) is 34.4 Å². The number of fused-ring (bicyclic) bond motifs is 2. The van der Waals surface area contributed by atoms with E-state index in [2.05, 4.69) is 20.7 Å². The molecule has 0 saturated carbocycles. The van der Waals surface area contributed by atoms with Crippen molar-refractivity contribution in [1.82, 2.24) is 20.1 Å². The maximum atomic E-state index is 12.5. The van der Waals surface area contributed by atoms with Crippen LogP contribution in [0.5, 0.6) is 5.75 Å². The normalized spacial score (nSPS) is 14.9. The summed E-state index contributed by atoms with van der Waals surface area (Å²) < 4.78 is 8.48. The lowest BCUT2D eigenvalue weighted by Crippen LogP contribution is -2.48. The monoisotopic (exact) mass is 453 g/mol. The van der Waals surface area contributed by atoms with E-state index in [1.54, 1.807) is 35.5 Å². The number of halogens is 1. The molecule has 3 aromatic heterocycles. The summed E-state index contributed by atoms with van der Waals surface area (Å²) in [7, 11) is 1.58. The van der Waals surface area contributed by atoms with Crippen LogP contribution in [0.3, 0.4) is 0 Å². The number of nitrogens with zero attached hydrogens (tertiary/aromatic N) is 3. The quantitative estimate of drug-likeness (QED) is 0.452. The molecule has 0 saturated heterocycles. The first-order valence-electron chi connectivity index (χ1n) is 9.73. The van der Waals surface area contributed by atoms with Gasteiger partial charge >= 0.3 is 0 Å². The largest absolute Gasteiger partial charge is 0.493 e. The van der Waals surface area contributed by atoms with Crippen molar-refractivity contribution in [2.45, 2.75) is 19.4 Å². The first-order chi connectivity index (χ1) is 14.9. The fourth-order valence-electron chi connectivity index (χ4n) is 3.87.